The SMILES string of the molecule is CC1(C)CCCN1S(=O)(=O)c1ccc(CN)o1. The van der Waals surface area contributed by atoms with Gasteiger partial charge in [-0.3, -0.25) is 0 Å². The third kappa shape index (κ3) is 2.12. The Balaban J connectivity index is 2.36. The lowest BCUT2D eigenvalue weighted by Crippen LogP contribution is -2.42. The number of hydrogen-bond donors (Lipinski definition) is 1. The van der Waals surface area contributed by atoms with Crippen molar-refractivity contribution in [2.45, 2.75) is 43.9 Å². The van der Waals surface area contributed by atoms with Gasteiger partial charge in [-0.05, 0) is 38.8 Å². The van der Waals surface area contributed by atoms with Crippen LogP contribution in [0.1, 0.15) is 32.4 Å². The van der Waals surface area contributed by atoms with Crippen LogP contribution in [0.25, 0.3) is 0 Å². The number of nitrogens with zero attached hydrogens (tertiary/aromatic N) is 1. The molecule has 5 nitrogen and oxygen atoms in total. The zero-order valence-corrected chi connectivity index (χ0v) is 11.0. The molecule has 0 radical (unpaired) electrons. The van der Waals surface area contributed by atoms with Crippen LogP contribution in [0.4, 0.5) is 0 Å². The molecule has 1 saturated heterocycles. The minimum Gasteiger partial charge on any atom is -0.447 e. The molecule has 1 aliphatic rings. The highest BCUT2D eigenvalue weighted by Crippen LogP contribution is 2.34. The van der Waals surface area contributed by atoms with Crippen molar-refractivity contribution >= 4 is 10.0 Å². The number of hydrogen-bond acceptors (Lipinski definition) is 4. The molecule has 17 heavy (non-hydrogen) atoms. The van der Waals surface area contributed by atoms with Gasteiger partial charge in [-0.15, -0.1) is 0 Å². The van der Waals surface area contributed by atoms with Gasteiger partial charge in [0.25, 0.3) is 10.0 Å². The average Bonchev–Trinajstić information content (AvgIpc) is 2.83. The van der Waals surface area contributed by atoms with Gasteiger partial charge >= 0.3 is 0 Å². The summed E-state index contributed by atoms with van der Waals surface area (Å²) in [7, 11) is -3.52. The van der Waals surface area contributed by atoms with Crippen molar-refractivity contribution in [3.63, 3.8) is 0 Å². The van der Waals surface area contributed by atoms with Gasteiger partial charge in [0.05, 0.1) is 6.54 Å². The molecule has 0 amide bonds. The fraction of sp³-hybridized carbons (Fsp3) is 0.636. The normalized spacial score (nSPS) is 20.9. The number of rotatable bonds is 3. The van der Waals surface area contributed by atoms with Gasteiger partial charge in [-0.2, -0.15) is 4.31 Å². The third-order valence-corrected chi connectivity index (χ3v) is 5.19. The maximum absolute atomic E-state index is 12.4. The van der Waals surface area contributed by atoms with E-state index in [0.717, 1.165) is 12.8 Å². The molecule has 0 aliphatic carbocycles. The van der Waals surface area contributed by atoms with Gasteiger partial charge in [0.2, 0.25) is 5.09 Å². The van der Waals surface area contributed by atoms with Crippen molar-refractivity contribution in [1.82, 2.24) is 4.31 Å². The highest BCUT2D eigenvalue weighted by Gasteiger charge is 2.42. The van der Waals surface area contributed by atoms with Crippen LogP contribution < -0.4 is 5.73 Å². The summed E-state index contributed by atoms with van der Waals surface area (Å²) < 4.78 is 31.5. The quantitative estimate of drug-likeness (QED) is 0.886. The molecule has 0 unspecified atom stereocenters. The first-order chi connectivity index (χ1) is 7.88. The predicted octanol–water partition coefficient (Wildman–Crippen LogP) is 1.30. The van der Waals surface area contributed by atoms with Crippen LogP contribution in [0.3, 0.4) is 0 Å². The lowest BCUT2D eigenvalue weighted by atomic mass is 10.0. The minimum absolute atomic E-state index is 0.00655. The molecule has 0 saturated carbocycles. The summed E-state index contributed by atoms with van der Waals surface area (Å²) in [5.41, 5.74) is 5.07. The van der Waals surface area contributed by atoms with E-state index in [2.05, 4.69) is 0 Å². The molecule has 2 rings (SSSR count). The molecule has 0 aromatic carbocycles. The Morgan fingerprint density at radius 2 is 2.18 bits per heavy atom. The standard InChI is InChI=1S/C11H18N2O3S/c1-11(2)6-3-7-13(11)17(14,15)10-5-4-9(8-12)16-10/h4-5H,3,6-8,12H2,1-2H3. The summed E-state index contributed by atoms with van der Waals surface area (Å²) in [5, 5.41) is -0.00655. The van der Waals surface area contributed by atoms with Crippen LogP contribution in [-0.2, 0) is 16.6 Å². The average molecular weight is 258 g/mol. The van der Waals surface area contributed by atoms with E-state index < -0.39 is 10.0 Å². The lowest BCUT2D eigenvalue weighted by molar-refractivity contribution is 0.281. The van der Waals surface area contributed by atoms with E-state index in [4.69, 9.17) is 10.2 Å². The molecule has 0 atom stereocenters. The van der Waals surface area contributed by atoms with E-state index >= 15 is 0 Å². The highest BCUT2D eigenvalue weighted by molar-refractivity contribution is 7.89. The first-order valence-corrected chi connectivity index (χ1v) is 7.13. The van der Waals surface area contributed by atoms with Gasteiger partial charge < -0.3 is 10.2 Å². The predicted molar refractivity (Wildman–Crippen MR) is 63.8 cm³/mol. The van der Waals surface area contributed by atoms with Crippen molar-refractivity contribution in [2.24, 2.45) is 5.73 Å². The lowest BCUT2D eigenvalue weighted by Gasteiger charge is -2.29. The third-order valence-electron chi connectivity index (χ3n) is 3.21. The molecule has 0 spiro atoms. The Bertz CT molecular complexity index is 505. The van der Waals surface area contributed by atoms with Crippen LogP contribution in [0.5, 0.6) is 0 Å². The summed E-state index contributed by atoms with van der Waals surface area (Å²) in [6.45, 7) is 4.63. The van der Waals surface area contributed by atoms with Crippen molar-refractivity contribution in [3.8, 4) is 0 Å². The molecule has 96 valence electrons. The largest absolute Gasteiger partial charge is 0.447 e. The maximum atomic E-state index is 12.4. The van der Waals surface area contributed by atoms with E-state index in [1.165, 1.54) is 10.4 Å². The first kappa shape index (κ1) is 12.6. The molecule has 0 bridgehead atoms. The van der Waals surface area contributed by atoms with E-state index in [0.29, 0.717) is 12.3 Å². The second kappa shape index (κ2) is 4.12. The molecular weight excluding hydrogens is 240 g/mol. The zero-order chi connectivity index (χ0) is 12.7. The molecule has 1 aromatic heterocycles. The Morgan fingerprint density at radius 1 is 1.47 bits per heavy atom. The molecule has 2 heterocycles. The monoisotopic (exact) mass is 258 g/mol. The molecular formula is C11H18N2O3S. The second-order valence-electron chi connectivity index (χ2n) is 4.92. The Hall–Kier alpha value is -0.850. The first-order valence-electron chi connectivity index (χ1n) is 5.69. The zero-order valence-electron chi connectivity index (χ0n) is 10.1. The molecule has 1 aromatic rings. The van der Waals surface area contributed by atoms with Gasteiger partial charge in [-0.1, -0.05) is 0 Å². The number of nitrogens with two attached hydrogens (primary N) is 1. The second-order valence-corrected chi connectivity index (χ2v) is 6.71. The van der Waals surface area contributed by atoms with Crippen molar-refractivity contribution in [3.05, 3.63) is 17.9 Å². The van der Waals surface area contributed by atoms with Crippen LogP contribution in [0, 0.1) is 0 Å². The van der Waals surface area contributed by atoms with Crippen LogP contribution in [0.2, 0.25) is 0 Å². The molecule has 1 fully saturated rings. The van der Waals surface area contributed by atoms with E-state index in [9.17, 15) is 8.42 Å². The molecule has 2 N–H and O–H groups in total. The number of furan rings is 1. The van der Waals surface area contributed by atoms with Crippen molar-refractivity contribution < 1.29 is 12.8 Å². The maximum Gasteiger partial charge on any atom is 0.276 e. The summed E-state index contributed by atoms with van der Waals surface area (Å²) >= 11 is 0. The topological polar surface area (TPSA) is 76.5 Å². The smallest absolute Gasteiger partial charge is 0.276 e. The van der Waals surface area contributed by atoms with E-state index in [-0.39, 0.29) is 17.2 Å². The van der Waals surface area contributed by atoms with E-state index in [1.807, 2.05) is 13.8 Å². The Morgan fingerprint density at radius 3 is 2.65 bits per heavy atom. The van der Waals surface area contributed by atoms with Crippen molar-refractivity contribution in [1.29, 1.82) is 0 Å². The summed E-state index contributed by atoms with van der Waals surface area (Å²) in [4.78, 5) is 0. The fourth-order valence-electron chi connectivity index (χ4n) is 2.24. The summed E-state index contributed by atoms with van der Waals surface area (Å²) in [6, 6.07) is 3.09. The van der Waals surface area contributed by atoms with Gasteiger partial charge in [-0.25, -0.2) is 8.42 Å². The fourth-order valence-corrected chi connectivity index (χ4v) is 4.02. The van der Waals surface area contributed by atoms with E-state index in [1.54, 1.807) is 6.07 Å². The number of sulfonamides is 1. The van der Waals surface area contributed by atoms with Crippen LogP contribution in [0.15, 0.2) is 21.6 Å². The van der Waals surface area contributed by atoms with Crippen LogP contribution >= 0.6 is 0 Å². The van der Waals surface area contributed by atoms with Gasteiger partial charge in [0.1, 0.15) is 5.76 Å². The minimum atomic E-state index is -3.52. The molecule has 6 heteroatoms. The summed E-state index contributed by atoms with van der Waals surface area (Å²) in [5.74, 6) is 0.487. The van der Waals surface area contributed by atoms with Crippen LogP contribution in [-0.4, -0.2) is 24.8 Å². The van der Waals surface area contributed by atoms with Gasteiger partial charge in [0.15, 0.2) is 0 Å². The molecule has 1 aliphatic heterocycles. The summed E-state index contributed by atoms with van der Waals surface area (Å²) in [6.07, 6.45) is 1.76. The van der Waals surface area contributed by atoms with Gasteiger partial charge in [0, 0.05) is 12.1 Å². The Kier molecular flexibility index (Phi) is 3.05. The van der Waals surface area contributed by atoms with Crippen molar-refractivity contribution in [2.75, 3.05) is 6.54 Å². The highest BCUT2D eigenvalue weighted by atomic mass is 32.2. The Labute approximate surface area is 102 Å².